The number of para-hydroxylation sites is 2. The highest BCUT2D eigenvalue weighted by atomic mass is 15.1. The summed E-state index contributed by atoms with van der Waals surface area (Å²) in [6.45, 7) is 4.69. The van der Waals surface area contributed by atoms with Crippen molar-refractivity contribution in [2.75, 3.05) is 0 Å². The molecule has 0 amide bonds. The van der Waals surface area contributed by atoms with Gasteiger partial charge < -0.3 is 9.13 Å². The Morgan fingerprint density at radius 1 is 0.688 bits per heavy atom. The molecule has 3 nitrogen and oxygen atoms in total. The molecule has 0 atom stereocenters. The zero-order chi connectivity index (χ0) is 21.6. The zero-order valence-electron chi connectivity index (χ0n) is 18.4. The third kappa shape index (κ3) is 2.08. The second-order valence-electron chi connectivity index (χ2n) is 9.44. The molecule has 7 rings (SSSR count). The highest BCUT2D eigenvalue weighted by Gasteiger charge is 2.36. The first kappa shape index (κ1) is 17.8. The van der Waals surface area contributed by atoms with Crippen LogP contribution in [0.3, 0.4) is 0 Å². The average Bonchev–Trinajstić information content (AvgIpc) is 3.42. The molecule has 0 saturated carbocycles. The molecule has 6 aromatic rings. The maximum atomic E-state index is 4.76. The van der Waals surface area contributed by atoms with Gasteiger partial charge in [0.2, 0.25) is 0 Å². The van der Waals surface area contributed by atoms with Crippen LogP contribution in [0.5, 0.6) is 0 Å². The number of hydrogen-bond acceptors (Lipinski definition) is 1. The Morgan fingerprint density at radius 2 is 1.47 bits per heavy atom. The van der Waals surface area contributed by atoms with Crippen LogP contribution >= 0.6 is 0 Å². The maximum absolute atomic E-state index is 4.76. The van der Waals surface area contributed by atoms with E-state index in [1.807, 2.05) is 6.33 Å². The average molecular weight is 414 g/mol. The molecular formula is C29H23N3. The predicted molar refractivity (Wildman–Crippen MR) is 133 cm³/mol. The molecule has 0 saturated heterocycles. The Labute approximate surface area is 186 Å². The third-order valence-electron chi connectivity index (χ3n) is 7.35. The number of fused-ring (bicyclic) bond motifs is 7. The van der Waals surface area contributed by atoms with Crippen molar-refractivity contribution in [2.45, 2.75) is 19.3 Å². The molecule has 0 N–H and O–H groups in total. The van der Waals surface area contributed by atoms with E-state index < -0.39 is 0 Å². The molecule has 0 unspecified atom stereocenters. The first-order valence-corrected chi connectivity index (χ1v) is 11.1. The minimum atomic E-state index is -0.00960. The first-order valence-electron chi connectivity index (χ1n) is 11.1. The molecule has 3 heteroatoms. The van der Waals surface area contributed by atoms with Gasteiger partial charge in [-0.05, 0) is 52.6 Å². The summed E-state index contributed by atoms with van der Waals surface area (Å²) < 4.78 is 4.48. The Bertz CT molecular complexity index is 1710. The summed E-state index contributed by atoms with van der Waals surface area (Å²) >= 11 is 0. The minimum absolute atomic E-state index is 0.00960. The molecule has 1 aliphatic carbocycles. The fraction of sp³-hybridized carbons (Fsp3) is 0.138. The summed E-state index contributed by atoms with van der Waals surface area (Å²) in [5, 5.41) is 2.58. The Morgan fingerprint density at radius 3 is 2.38 bits per heavy atom. The Balaban J connectivity index is 1.67. The number of rotatable bonds is 1. The van der Waals surface area contributed by atoms with Crippen molar-refractivity contribution >= 4 is 32.8 Å². The molecule has 1 aliphatic rings. The van der Waals surface area contributed by atoms with Gasteiger partial charge in [0.25, 0.3) is 0 Å². The highest BCUT2D eigenvalue weighted by molar-refractivity contribution is 6.12. The monoisotopic (exact) mass is 413 g/mol. The van der Waals surface area contributed by atoms with Gasteiger partial charge >= 0.3 is 0 Å². The van der Waals surface area contributed by atoms with Crippen molar-refractivity contribution in [2.24, 2.45) is 7.05 Å². The lowest BCUT2D eigenvalue weighted by Crippen LogP contribution is -2.14. The number of benzene rings is 4. The van der Waals surface area contributed by atoms with Crippen molar-refractivity contribution in [3.8, 4) is 16.8 Å². The summed E-state index contributed by atoms with van der Waals surface area (Å²) in [6.07, 6.45) is 1.90. The number of nitrogens with zero attached hydrogens (tertiary/aromatic N) is 3. The summed E-state index contributed by atoms with van der Waals surface area (Å²) in [6, 6.07) is 28.9. The van der Waals surface area contributed by atoms with Gasteiger partial charge in [-0.2, -0.15) is 0 Å². The number of aryl methyl sites for hydroxylation is 1. The first-order chi connectivity index (χ1) is 15.6. The fourth-order valence-electron chi connectivity index (χ4n) is 5.75. The van der Waals surface area contributed by atoms with E-state index in [0.717, 1.165) is 16.7 Å². The molecule has 0 aliphatic heterocycles. The van der Waals surface area contributed by atoms with Crippen LogP contribution in [-0.4, -0.2) is 14.1 Å². The third-order valence-corrected chi connectivity index (χ3v) is 7.35. The quantitative estimate of drug-likeness (QED) is 0.285. The van der Waals surface area contributed by atoms with Gasteiger partial charge in [-0.15, -0.1) is 0 Å². The number of aromatic nitrogens is 3. The lowest BCUT2D eigenvalue weighted by atomic mass is 9.82. The van der Waals surface area contributed by atoms with Gasteiger partial charge in [0.15, 0.2) is 0 Å². The van der Waals surface area contributed by atoms with Crippen LogP contribution in [0.25, 0.3) is 49.7 Å². The van der Waals surface area contributed by atoms with Gasteiger partial charge in [-0.1, -0.05) is 62.4 Å². The van der Waals surface area contributed by atoms with Gasteiger partial charge in [-0.3, -0.25) is 0 Å². The Hall–Kier alpha value is -3.85. The number of hydrogen-bond donors (Lipinski definition) is 0. The molecule has 0 radical (unpaired) electrons. The normalized spacial score (nSPS) is 14.3. The van der Waals surface area contributed by atoms with Crippen molar-refractivity contribution < 1.29 is 0 Å². The van der Waals surface area contributed by atoms with Crippen LogP contribution in [-0.2, 0) is 12.5 Å². The van der Waals surface area contributed by atoms with Gasteiger partial charge in [-0.25, -0.2) is 4.98 Å². The van der Waals surface area contributed by atoms with Crippen LogP contribution in [0.1, 0.15) is 25.0 Å². The summed E-state index contributed by atoms with van der Waals surface area (Å²) in [5.74, 6) is 0. The molecule has 0 fully saturated rings. The second-order valence-corrected chi connectivity index (χ2v) is 9.44. The molecule has 2 heterocycles. The van der Waals surface area contributed by atoms with E-state index in [9.17, 15) is 0 Å². The predicted octanol–water partition coefficient (Wildman–Crippen LogP) is 6.98. The van der Waals surface area contributed by atoms with Gasteiger partial charge in [0.1, 0.15) is 5.52 Å². The standard InChI is InChI=1S/C29H23N3/c1-29(2)22-11-6-4-9-18(22)20-16-27-21(15-23(20)29)19-10-5-7-12-24(19)32(27)26-14-8-13-25-28(26)30-17-31(25)3/h4-17H,1-3H3. The van der Waals surface area contributed by atoms with Crippen molar-refractivity contribution in [3.63, 3.8) is 0 Å². The van der Waals surface area contributed by atoms with E-state index in [1.165, 1.54) is 44.1 Å². The van der Waals surface area contributed by atoms with Crippen LogP contribution in [0.4, 0.5) is 0 Å². The van der Waals surface area contributed by atoms with Crippen LogP contribution in [0.2, 0.25) is 0 Å². The lowest BCUT2D eigenvalue weighted by molar-refractivity contribution is 0.661. The van der Waals surface area contributed by atoms with Crippen molar-refractivity contribution in [3.05, 3.63) is 96.3 Å². The molecule has 0 spiro atoms. The van der Waals surface area contributed by atoms with Gasteiger partial charge in [0.05, 0.1) is 28.6 Å². The van der Waals surface area contributed by atoms with E-state index in [4.69, 9.17) is 4.98 Å². The van der Waals surface area contributed by atoms with E-state index >= 15 is 0 Å². The smallest absolute Gasteiger partial charge is 0.112 e. The van der Waals surface area contributed by atoms with Crippen LogP contribution in [0, 0.1) is 0 Å². The second kappa shape index (κ2) is 5.89. The molecule has 32 heavy (non-hydrogen) atoms. The summed E-state index contributed by atoms with van der Waals surface area (Å²) in [5.41, 5.74) is 11.2. The lowest BCUT2D eigenvalue weighted by Gasteiger charge is -2.21. The topological polar surface area (TPSA) is 22.8 Å². The van der Waals surface area contributed by atoms with E-state index in [2.05, 4.69) is 109 Å². The van der Waals surface area contributed by atoms with Crippen LogP contribution < -0.4 is 0 Å². The molecular weight excluding hydrogens is 390 g/mol. The molecule has 4 aromatic carbocycles. The van der Waals surface area contributed by atoms with Gasteiger partial charge in [0, 0.05) is 23.2 Å². The SMILES string of the molecule is Cn1cnc2c(-n3c4ccccc4c4cc5c(cc43)-c3ccccc3C5(C)C)cccc21. The van der Waals surface area contributed by atoms with Crippen molar-refractivity contribution in [1.29, 1.82) is 0 Å². The van der Waals surface area contributed by atoms with Crippen LogP contribution in [0.15, 0.2) is 85.2 Å². The Kier molecular flexibility index (Phi) is 3.27. The molecule has 154 valence electrons. The fourth-order valence-corrected chi connectivity index (χ4v) is 5.75. The maximum Gasteiger partial charge on any atom is 0.112 e. The van der Waals surface area contributed by atoms with E-state index in [0.29, 0.717) is 0 Å². The van der Waals surface area contributed by atoms with Crippen molar-refractivity contribution in [1.82, 2.24) is 14.1 Å². The zero-order valence-corrected chi connectivity index (χ0v) is 18.4. The highest BCUT2D eigenvalue weighted by Crippen LogP contribution is 2.51. The largest absolute Gasteiger partial charge is 0.334 e. The molecule has 0 bridgehead atoms. The summed E-state index contributed by atoms with van der Waals surface area (Å²) in [7, 11) is 2.05. The van der Waals surface area contributed by atoms with E-state index in [-0.39, 0.29) is 5.41 Å². The van der Waals surface area contributed by atoms with E-state index in [1.54, 1.807) is 0 Å². The number of imidazole rings is 1. The molecule has 2 aromatic heterocycles. The summed E-state index contributed by atoms with van der Waals surface area (Å²) in [4.78, 5) is 4.76. The minimum Gasteiger partial charge on any atom is -0.334 e.